The third kappa shape index (κ3) is 8.85. The Morgan fingerprint density at radius 1 is 0.794 bits per heavy atom. The summed E-state index contributed by atoms with van der Waals surface area (Å²) in [6.07, 6.45) is 42.9. The Labute approximate surface area is 372 Å². The maximum atomic E-state index is 6.12. The number of allylic oxidation sites excluding steroid dienone is 18. The molecule has 312 valence electrons. The first kappa shape index (κ1) is 42.3. The molecule has 63 heavy (non-hydrogen) atoms. The Hall–Kier alpha value is -7.43. The quantitative estimate of drug-likeness (QED) is 0.0521. The molecule has 3 aromatic carbocycles. The molecular formula is C59H55N3O. The van der Waals surface area contributed by atoms with Crippen molar-refractivity contribution < 1.29 is 4.74 Å². The van der Waals surface area contributed by atoms with E-state index in [4.69, 9.17) is 9.72 Å². The standard InChI is InChI=1S/C59H55N3O/c1-6-11-27-43(9-4)46-40-47(45-28-16-12-13-17-29-45)42-49(41-46)61-53-34-20-14-19-32-50(53)51-37-38-55-58(59(51)61)52-33-21-22-35-54(52)62(55)57-36-24-31-48(60-57)30-18-15-23-39-63-56(26-8-3)44(10-5)25-7-2/h6-13,15-16,19-24,27-29,31-38,40-42H,1-3,5,14,17-18,25-26,30,39H2,4H3/b23-15-,27-11-,43-9+,56-44-. The summed E-state index contributed by atoms with van der Waals surface area (Å²) in [6.45, 7) is 18.3. The lowest BCUT2D eigenvalue weighted by Crippen LogP contribution is -2.01. The summed E-state index contributed by atoms with van der Waals surface area (Å²) < 4.78 is 11.0. The molecule has 0 N–H and O–H groups in total. The molecule has 4 heteroatoms. The fourth-order valence-corrected chi connectivity index (χ4v) is 8.74. The minimum atomic E-state index is 0.485. The van der Waals surface area contributed by atoms with Gasteiger partial charge in [0.1, 0.15) is 18.2 Å². The lowest BCUT2D eigenvalue weighted by Gasteiger charge is -2.16. The van der Waals surface area contributed by atoms with Crippen LogP contribution in [0.25, 0.3) is 67.5 Å². The molecule has 6 aromatic rings. The molecule has 2 aliphatic rings. The topological polar surface area (TPSA) is 32.0 Å². The molecule has 0 unspecified atom stereocenters. The first-order valence-corrected chi connectivity index (χ1v) is 22.0. The Bertz CT molecular complexity index is 3030. The lowest BCUT2D eigenvalue weighted by atomic mass is 9.96. The van der Waals surface area contributed by atoms with Crippen molar-refractivity contribution >= 4 is 56.0 Å². The van der Waals surface area contributed by atoms with Gasteiger partial charge in [-0.15, -0.1) is 13.2 Å². The molecule has 0 amide bonds. The molecule has 0 bridgehead atoms. The first-order valence-electron chi connectivity index (χ1n) is 22.0. The van der Waals surface area contributed by atoms with Crippen molar-refractivity contribution in [1.29, 1.82) is 0 Å². The van der Waals surface area contributed by atoms with E-state index in [1.807, 2.05) is 30.4 Å². The van der Waals surface area contributed by atoms with Crippen LogP contribution in [0.2, 0.25) is 0 Å². The predicted molar refractivity (Wildman–Crippen MR) is 272 cm³/mol. The molecular weight excluding hydrogens is 767 g/mol. The van der Waals surface area contributed by atoms with Gasteiger partial charge in [0, 0.05) is 39.5 Å². The Morgan fingerprint density at radius 2 is 1.67 bits per heavy atom. The van der Waals surface area contributed by atoms with E-state index in [1.54, 1.807) is 0 Å². The van der Waals surface area contributed by atoms with E-state index in [9.17, 15) is 0 Å². The van der Waals surface area contributed by atoms with Crippen molar-refractivity contribution in [2.75, 3.05) is 6.61 Å². The van der Waals surface area contributed by atoms with Gasteiger partial charge in [-0.2, -0.15) is 0 Å². The third-order valence-corrected chi connectivity index (χ3v) is 11.6. The Morgan fingerprint density at radius 3 is 2.51 bits per heavy atom. The van der Waals surface area contributed by atoms with Crippen LogP contribution < -0.4 is 0 Å². The third-order valence-electron chi connectivity index (χ3n) is 11.6. The van der Waals surface area contributed by atoms with Crippen LogP contribution in [0, 0.1) is 0 Å². The highest BCUT2D eigenvalue weighted by molar-refractivity contribution is 6.22. The summed E-state index contributed by atoms with van der Waals surface area (Å²) in [5.41, 5.74) is 13.7. The SMILES string of the molecule is C=C/C=C\C(=C/C)c1cc(C2=CCC=CC=C2)cc(-n2c3c(c4ccc5c(c6ccccc6n5-c5cccc(CC/C=C\CO/C(CC=C)=C(/C=C)CC=C)n5)c42)C=CCC=C3)c1. The van der Waals surface area contributed by atoms with Crippen LogP contribution in [0.3, 0.4) is 0 Å². The number of benzene rings is 3. The second kappa shape index (κ2) is 20.0. The summed E-state index contributed by atoms with van der Waals surface area (Å²) in [6, 6.07) is 26.8. The summed E-state index contributed by atoms with van der Waals surface area (Å²) in [7, 11) is 0. The summed E-state index contributed by atoms with van der Waals surface area (Å²) in [4.78, 5) is 5.31. The van der Waals surface area contributed by atoms with Gasteiger partial charge >= 0.3 is 0 Å². The van der Waals surface area contributed by atoms with E-state index >= 15 is 0 Å². The molecule has 8 rings (SSSR count). The molecule has 0 fully saturated rings. The Kier molecular flexibility index (Phi) is 13.4. The molecule has 0 atom stereocenters. The number of hydrogen-bond donors (Lipinski definition) is 0. The number of aromatic nitrogens is 3. The highest BCUT2D eigenvalue weighted by Gasteiger charge is 2.24. The van der Waals surface area contributed by atoms with Gasteiger partial charge in [0.25, 0.3) is 0 Å². The summed E-state index contributed by atoms with van der Waals surface area (Å²) in [5.74, 6) is 1.79. The molecule has 3 aromatic heterocycles. The molecule has 2 aliphatic carbocycles. The van der Waals surface area contributed by atoms with Gasteiger partial charge in [-0.3, -0.25) is 4.57 Å². The maximum Gasteiger partial charge on any atom is 0.137 e. The van der Waals surface area contributed by atoms with Gasteiger partial charge in [-0.05, 0) is 115 Å². The molecule has 0 saturated heterocycles. The van der Waals surface area contributed by atoms with Gasteiger partial charge in [0.05, 0.1) is 22.2 Å². The monoisotopic (exact) mass is 821 g/mol. The van der Waals surface area contributed by atoms with Gasteiger partial charge < -0.3 is 9.30 Å². The zero-order chi connectivity index (χ0) is 43.5. The number of rotatable bonds is 17. The van der Waals surface area contributed by atoms with E-state index in [1.165, 1.54) is 44.1 Å². The highest BCUT2D eigenvalue weighted by atomic mass is 16.5. The summed E-state index contributed by atoms with van der Waals surface area (Å²) in [5, 5.41) is 3.61. The Balaban J connectivity index is 1.25. The average molecular weight is 822 g/mol. The fourth-order valence-electron chi connectivity index (χ4n) is 8.74. The van der Waals surface area contributed by atoms with Crippen molar-refractivity contribution in [3.8, 4) is 11.5 Å². The number of para-hydroxylation sites is 1. The van der Waals surface area contributed by atoms with Crippen LogP contribution in [0.5, 0.6) is 0 Å². The van der Waals surface area contributed by atoms with Crippen LogP contribution in [0.1, 0.15) is 67.1 Å². The van der Waals surface area contributed by atoms with Gasteiger partial charge in [-0.1, -0.05) is 147 Å². The van der Waals surface area contributed by atoms with E-state index in [0.717, 1.165) is 76.4 Å². The van der Waals surface area contributed by atoms with Crippen molar-refractivity contribution in [3.05, 3.63) is 236 Å². The number of fused-ring (bicyclic) bond motifs is 7. The fraction of sp³-hybridized carbons (Fsp3) is 0.136. The molecule has 3 heterocycles. The molecule has 0 saturated carbocycles. The number of pyridine rings is 1. The normalized spacial score (nSPS) is 14.3. The van der Waals surface area contributed by atoms with E-state index in [-0.39, 0.29) is 0 Å². The number of aryl methyl sites for hydroxylation is 1. The second-order valence-electron chi connectivity index (χ2n) is 15.6. The van der Waals surface area contributed by atoms with Crippen molar-refractivity contribution in [2.24, 2.45) is 0 Å². The van der Waals surface area contributed by atoms with Crippen molar-refractivity contribution in [2.45, 2.75) is 45.4 Å². The number of nitrogens with zero attached hydrogens (tertiary/aromatic N) is 3. The van der Waals surface area contributed by atoms with Crippen LogP contribution >= 0.6 is 0 Å². The minimum Gasteiger partial charge on any atom is -0.493 e. The summed E-state index contributed by atoms with van der Waals surface area (Å²) >= 11 is 0. The van der Waals surface area contributed by atoms with Crippen LogP contribution in [0.4, 0.5) is 0 Å². The zero-order valence-electron chi connectivity index (χ0n) is 36.3. The van der Waals surface area contributed by atoms with Crippen molar-refractivity contribution in [1.82, 2.24) is 14.1 Å². The van der Waals surface area contributed by atoms with Crippen molar-refractivity contribution in [3.63, 3.8) is 0 Å². The number of hydrogen-bond acceptors (Lipinski definition) is 2. The van der Waals surface area contributed by atoms with E-state index in [2.05, 4.69) is 194 Å². The average Bonchev–Trinajstić information content (AvgIpc) is 3.50. The van der Waals surface area contributed by atoms with Crippen LogP contribution in [-0.2, 0) is 11.2 Å². The molecule has 0 spiro atoms. The van der Waals surface area contributed by atoms with Crippen LogP contribution in [-0.4, -0.2) is 20.7 Å². The smallest absolute Gasteiger partial charge is 0.137 e. The van der Waals surface area contributed by atoms with Crippen LogP contribution in [0.15, 0.2) is 208 Å². The lowest BCUT2D eigenvalue weighted by molar-refractivity contribution is 0.238. The minimum absolute atomic E-state index is 0.485. The zero-order valence-corrected chi connectivity index (χ0v) is 36.3. The molecule has 0 aliphatic heterocycles. The van der Waals surface area contributed by atoms with E-state index in [0.29, 0.717) is 19.4 Å². The van der Waals surface area contributed by atoms with Gasteiger partial charge in [-0.25, -0.2) is 4.98 Å². The maximum absolute atomic E-state index is 6.12. The second-order valence-corrected chi connectivity index (χ2v) is 15.6. The molecule has 4 nitrogen and oxygen atoms in total. The highest BCUT2D eigenvalue weighted by Crippen LogP contribution is 2.43. The number of ether oxygens (including phenoxy) is 1. The van der Waals surface area contributed by atoms with E-state index < -0.39 is 0 Å². The largest absolute Gasteiger partial charge is 0.493 e. The predicted octanol–water partition coefficient (Wildman–Crippen LogP) is 15.7. The van der Waals surface area contributed by atoms with Gasteiger partial charge in [0.2, 0.25) is 0 Å². The first-order chi connectivity index (χ1) is 31.1. The molecule has 0 radical (unpaired) electrons. The van der Waals surface area contributed by atoms with Gasteiger partial charge in [0.15, 0.2) is 0 Å².